The molecule has 148 valence electrons. The highest BCUT2D eigenvalue weighted by Crippen LogP contribution is 2.58. The summed E-state index contributed by atoms with van der Waals surface area (Å²) in [6.07, 6.45) is 0. The predicted octanol–water partition coefficient (Wildman–Crippen LogP) is 5.14. The molecule has 2 rings (SSSR count). The predicted molar refractivity (Wildman–Crippen MR) is 114 cm³/mol. The van der Waals surface area contributed by atoms with Gasteiger partial charge in [-0.3, -0.25) is 4.57 Å². The van der Waals surface area contributed by atoms with Crippen LogP contribution in [-0.2, 0) is 9.09 Å². The Morgan fingerprint density at radius 3 is 1.89 bits per heavy atom. The largest absolute Gasteiger partial charge is 0.378 e. The van der Waals surface area contributed by atoms with E-state index in [-0.39, 0.29) is 5.92 Å². The smallest absolute Gasteiger partial charge is 0.264 e. The molecule has 0 aliphatic carbocycles. The summed E-state index contributed by atoms with van der Waals surface area (Å²) in [5.41, 5.74) is 2.80. The number of aliphatic hydroxyl groups excluding tert-OH is 1. The molecule has 2 aromatic carbocycles. The summed E-state index contributed by atoms with van der Waals surface area (Å²) in [4.78, 5) is 1.98. The van der Waals surface area contributed by atoms with Gasteiger partial charge in [0.2, 0.25) is 0 Å². The lowest BCUT2D eigenvalue weighted by molar-refractivity contribution is 0.203. The molecule has 0 aliphatic heterocycles. The Morgan fingerprint density at radius 2 is 1.44 bits per heavy atom. The van der Waals surface area contributed by atoms with Crippen molar-refractivity contribution in [1.82, 2.24) is 0 Å². The molecule has 0 spiro atoms. The Hall–Kier alpha value is -1.61. The van der Waals surface area contributed by atoms with E-state index in [2.05, 4.69) is 13.8 Å². The fourth-order valence-electron chi connectivity index (χ4n) is 2.75. The van der Waals surface area contributed by atoms with Crippen molar-refractivity contribution in [3.63, 3.8) is 0 Å². The third-order valence-electron chi connectivity index (χ3n) is 4.55. The fraction of sp³-hybridized carbons (Fsp3) is 0.455. The van der Waals surface area contributed by atoms with E-state index < -0.39 is 13.2 Å². The number of anilines is 1. The maximum Gasteiger partial charge on any atom is 0.264 e. The van der Waals surface area contributed by atoms with Gasteiger partial charge in [-0.25, -0.2) is 0 Å². The fourth-order valence-corrected chi connectivity index (χ4v) is 4.98. The van der Waals surface area contributed by atoms with Gasteiger partial charge in [-0.15, -0.1) is 0 Å². The van der Waals surface area contributed by atoms with Gasteiger partial charge in [0, 0.05) is 25.1 Å². The molecule has 0 aromatic heterocycles. The Balaban J connectivity index is 2.40. The molecule has 2 aromatic rings. The molecule has 0 unspecified atom stereocenters. The van der Waals surface area contributed by atoms with Gasteiger partial charge in [-0.2, -0.15) is 0 Å². The Morgan fingerprint density at radius 1 is 0.926 bits per heavy atom. The molecule has 27 heavy (non-hydrogen) atoms. The minimum Gasteiger partial charge on any atom is -0.378 e. The van der Waals surface area contributed by atoms with Crippen LogP contribution < -0.4 is 10.2 Å². The van der Waals surface area contributed by atoms with Crippen LogP contribution in [-0.4, -0.2) is 25.8 Å². The zero-order valence-electron chi connectivity index (χ0n) is 17.2. The van der Waals surface area contributed by atoms with Crippen LogP contribution in [0.5, 0.6) is 0 Å². The molecule has 0 aliphatic rings. The lowest BCUT2D eigenvalue weighted by atomic mass is 10.0. The summed E-state index contributed by atoms with van der Waals surface area (Å²) in [6, 6.07) is 15.0. The van der Waals surface area contributed by atoms with Gasteiger partial charge in [0.15, 0.2) is 5.85 Å². The Kier molecular flexibility index (Phi) is 7.27. The highest BCUT2D eigenvalue weighted by molar-refractivity contribution is 7.67. The van der Waals surface area contributed by atoms with E-state index in [4.69, 9.17) is 4.52 Å². The summed E-state index contributed by atoms with van der Waals surface area (Å²) < 4.78 is 19.7. The molecule has 2 atom stereocenters. The molecule has 0 bridgehead atoms. The first-order valence-corrected chi connectivity index (χ1v) is 11.1. The number of rotatable bonds is 8. The van der Waals surface area contributed by atoms with E-state index in [9.17, 15) is 9.67 Å². The lowest BCUT2D eigenvalue weighted by Crippen LogP contribution is -2.17. The van der Waals surface area contributed by atoms with Crippen molar-refractivity contribution in [2.24, 2.45) is 5.92 Å². The van der Waals surface area contributed by atoms with Crippen molar-refractivity contribution in [2.45, 2.75) is 39.5 Å². The van der Waals surface area contributed by atoms with Crippen molar-refractivity contribution < 1.29 is 14.2 Å². The molecular weight excluding hydrogens is 357 g/mol. The molecule has 0 heterocycles. The molecule has 0 amide bonds. The zero-order valence-corrected chi connectivity index (χ0v) is 18.1. The molecule has 4 nitrogen and oxygen atoms in total. The summed E-state index contributed by atoms with van der Waals surface area (Å²) in [6.45, 7) is 8.57. The number of benzene rings is 2. The van der Waals surface area contributed by atoms with Crippen LogP contribution in [0.1, 0.15) is 50.6 Å². The second kappa shape index (κ2) is 9.05. The van der Waals surface area contributed by atoms with Crippen LogP contribution >= 0.6 is 7.37 Å². The van der Waals surface area contributed by atoms with Crippen molar-refractivity contribution in [3.8, 4) is 0 Å². The quantitative estimate of drug-likeness (QED) is 0.635. The minimum absolute atomic E-state index is 0.217. The first kappa shape index (κ1) is 21.7. The average Bonchev–Trinajstić information content (AvgIpc) is 2.65. The van der Waals surface area contributed by atoms with Gasteiger partial charge < -0.3 is 14.5 Å². The van der Waals surface area contributed by atoms with Gasteiger partial charge in [0.25, 0.3) is 7.37 Å². The standard InChI is InChI=1S/C22H32NO3P/c1-16(2)15-26-27(25,21-13-11-20(12-14-21)23(5)6)22(24)19-9-7-18(8-10-19)17(3)4/h7-14,16-17,22,24H,15H2,1-6H3/t22-,27-/m0/s1. The van der Waals surface area contributed by atoms with E-state index in [0.717, 1.165) is 5.69 Å². The molecular formula is C22H32NO3P. The summed E-state index contributed by atoms with van der Waals surface area (Å²) in [5, 5.41) is 11.6. The van der Waals surface area contributed by atoms with Crippen LogP contribution in [0.3, 0.4) is 0 Å². The Bertz CT molecular complexity index is 767. The monoisotopic (exact) mass is 389 g/mol. The zero-order chi connectivity index (χ0) is 20.2. The average molecular weight is 389 g/mol. The topological polar surface area (TPSA) is 49.8 Å². The molecule has 0 saturated carbocycles. The molecule has 0 fully saturated rings. The molecule has 0 saturated heterocycles. The maximum atomic E-state index is 13.8. The number of aliphatic hydroxyl groups is 1. The van der Waals surface area contributed by atoms with Crippen molar-refractivity contribution in [2.75, 3.05) is 25.6 Å². The van der Waals surface area contributed by atoms with Crippen molar-refractivity contribution in [3.05, 3.63) is 59.7 Å². The van der Waals surface area contributed by atoms with Crippen LogP contribution in [0.15, 0.2) is 48.5 Å². The van der Waals surface area contributed by atoms with Gasteiger partial charge in [0.1, 0.15) is 0 Å². The minimum atomic E-state index is -3.49. The molecule has 1 N–H and O–H groups in total. The van der Waals surface area contributed by atoms with Crippen LogP contribution in [0, 0.1) is 5.92 Å². The van der Waals surface area contributed by atoms with Gasteiger partial charge in [-0.1, -0.05) is 52.0 Å². The first-order chi connectivity index (χ1) is 12.6. The summed E-state index contributed by atoms with van der Waals surface area (Å²) in [7, 11) is 0.416. The number of nitrogens with zero attached hydrogens (tertiary/aromatic N) is 1. The SMILES string of the molecule is CC(C)CO[P@@](=O)(c1ccc(N(C)C)cc1)[C@H](O)c1ccc(C(C)C)cc1. The lowest BCUT2D eigenvalue weighted by Gasteiger charge is -2.26. The van der Waals surface area contributed by atoms with E-state index >= 15 is 0 Å². The van der Waals surface area contributed by atoms with Gasteiger partial charge >= 0.3 is 0 Å². The second-order valence-electron chi connectivity index (χ2n) is 7.89. The van der Waals surface area contributed by atoms with E-state index in [0.29, 0.717) is 23.4 Å². The van der Waals surface area contributed by atoms with Crippen molar-refractivity contribution in [1.29, 1.82) is 0 Å². The number of hydrogen-bond acceptors (Lipinski definition) is 4. The van der Waals surface area contributed by atoms with Gasteiger partial charge in [-0.05, 0) is 47.2 Å². The van der Waals surface area contributed by atoms with Crippen LogP contribution in [0.4, 0.5) is 5.69 Å². The van der Waals surface area contributed by atoms with E-state index in [1.807, 2.05) is 69.2 Å². The highest BCUT2D eigenvalue weighted by atomic mass is 31.2. The normalized spacial score (nSPS) is 15.0. The third-order valence-corrected chi connectivity index (χ3v) is 7.04. The van der Waals surface area contributed by atoms with Gasteiger partial charge in [0.05, 0.1) is 6.61 Å². The second-order valence-corrected chi connectivity index (χ2v) is 10.4. The third kappa shape index (κ3) is 5.22. The summed E-state index contributed by atoms with van der Waals surface area (Å²) in [5.74, 6) is -0.573. The summed E-state index contributed by atoms with van der Waals surface area (Å²) >= 11 is 0. The van der Waals surface area contributed by atoms with Crippen LogP contribution in [0.25, 0.3) is 0 Å². The molecule has 0 radical (unpaired) electrons. The van der Waals surface area contributed by atoms with E-state index in [1.165, 1.54) is 5.56 Å². The Labute approximate surface area is 163 Å². The first-order valence-electron chi connectivity index (χ1n) is 9.45. The highest BCUT2D eigenvalue weighted by Gasteiger charge is 2.36. The maximum absolute atomic E-state index is 13.8. The number of hydrogen-bond donors (Lipinski definition) is 1. The van der Waals surface area contributed by atoms with Crippen LogP contribution in [0.2, 0.25) is 0 Å². The molecule has 5 heteroatoms. The van der Waals surface area contributed by atoms with Crippen molar-refractivity contribution >= 4 is 18.4 Å². The van der Waals surface area contributed by atoms with E-state index in [1.54, 1.807) is 12.1 Å².